The number of carbonyl (C=O) groups is 2. The summed E-state index contributed by atoms with van der Waals surface area (Å²) < 4.78 is 43.0. The molecule has 0 saturated heterocycles. The number of nitrogens with zero attached hydrogens (tertiary/aromatic N) is 3. The topological polar surface area (TPSA) is 91.2 Å². The van der Waals surface area contributed by atoms with Crippen LogP contribution in [0.4, 0.5) is 18.9 Å². The van der Waals surface area contributed by atoms with E-state index >= 15 is 0 Å². The van der Waals surface area contributed by atoms with Gasteiger partial charge in [-0.1, -0.05) is 18.2 Å². The van der Waals surface area contributed by atoms with Crippen molar-refractivity contribution in [3.8, 4) is 11.1 Å². The highest BCUT2D eigenvalue weighted by Crippen LogP contribution is 2.42. The van der Waals surface area contributed by atoms with Crippen molar-refractivity contribution >= 4 is 39.3 Å². The zero-order chi connectivity index (χ0) is 27.5. The molecule has 0 aliphatic rings. The van der Waals surface area contributed by atoms with E-state index in [2.05, 4.69) is 9.97 Å². The summed E-state index contributed by atoms with van der Waals surface area (Å²) in [6, 6.07) is 8.49. The first-order valence-electron chi connectivity index (χ1n) is 11.7. The summed E-state index contributed by atoms with van der Waals surface area (Å²) in [5.41, 5.74) is 4.31. The van der Waals surface area contributed by atoms with Crippen molar-refractivity contribution in [2.75, 3.05) is 18.6 Å². The molecule has 0 aliphatic heterocycles. The minimum absolute atomic E-state index is 0.140. The van der Waals surface area contributed by atoms with Crippen LogP contribution < -0.4 is 4.90 Å². The van der Waals surface area contributed by atoms with Crippen molar-refractivity contribution < 1.29 is 27.9 Å². The van der Waals surface area contributed by atoms with E-state index in [0.29, 0.717) is 45.4 Å². The largest absolute Gasteiger partial charge is 0.387 e. The lowest BCUT2D eigenvalue weighted by atomic mass is 9.93. The second-order valence-corrected chi connectivity index (χ2v) is 9.13. The molecule has 0 spiro atoms. The Kier molecular flexibility index (Phi) is 6.07. The van der Waals surface area contributed by atoms with E-state index in [0.717, 1.165) is 16.9 Å². The number of carbonyl (C=O) groups excluding carboxylic acids is 2. The minimum atomic E-state index is -1.65. The van der Waals surface area contributed by atoms with Crippen molar-refractivity contribution in [3.05, 3.63) is 82.6 Å². The van der Waals surface area contributed by atoms with Gasteiger partial charge in [-0.15, -0.1) is 0 Å². The fourth-order valence-corrected chi connectivity index (χ4v) is 4.84. The summed E-state index contributed by atoms with van der Waals surface area (Å²) in [5.74, 6) is -5.04. The second kappa shape index (κ2) is 9.14. The molecule has 2 aromatic heterocycles. The lowest BCUT2D eigenvalue weighted by Gasteiger charge is -2.23. The summed E-state index contributed by atoms with van der Waals surface area (Å²) in [6.45, 7) is 3.03. The Hall–Kier alpha value is -4.44. The van der Waals surface area contributed by atoms with Crippen LogP contribution in [0.3, 0.4) is 0 Å². The van der Waals surface area contributed by atoms with Gasteiger partial charge in [-0.3, -0.25) is 9.59 Å². The van der Waals surface area contributed by atoms with E-state index < -0.39 is 35.7 Å². The molecule has 0 saturated carbocycles. The van der Waals surface area contributed by atoms with E-state index in [-0.39, 0.29) is 11.1 Å². The number of H-pyrrole nitrogens is 1. The SMILES string of the molecule is Cc1cc2c(nc(C)n2C)c(N(C)C(=O)CO)c1-c1cccc2c(C(=O)c3cc(F)c(F)c(F)c3)c[nH]c12. The fraction of sp³-hybridized carbons (Fsp3) is 0.179. The van der Waals surface area contributed by atoms with Crippen LogP contribution in [0.25, 0.3) is 33.1 Å². The Bertz CT molecular complexity index is 1760. The molecule has 2 N–H and O–H groups in total. The Balaban J connectivity index is 1.77. The van der Waals surface area contributed by atoms with E-state index in [1.54, 1.807) is 19.2 Å². The number of aliphatic hydroxyl groups excluding tert-OH is 1. The number of ketones is 1. The van der Waals surface area contributed by atoms with Gasteiger partial charge in [0.1, 0.15) is 17.9 Å². The first kappa shape index (κ1) is 25.2. The van der Waals surface area contributed by atoms with Crippen LogP contribution in [0.15, 0.2) is 42.6 Å². The molecule has 0 unspecified atom stereocenters. The molecule has 0 aliphatic carbocycles. The fourth-order valence-electron chi connectivity index (χ4n) is 4.84. The first-order valence-corrected chi connectivity index (χ1v) is 11.7. The number of aliphatic hydroxyl groups is 1. The monoisotopic (exact) mass is 520 g/mol. The van der Waals surface area contributed by atoms with Crippen LogP contribution in [0.1, 0.15) is 27.3 Å². The number of benzene rings is 3. The number of hydrogen-bond acceptors (Lipinski definition) is 4. The highest BCUT2D eigenvalue weighted by Gasteiger charge is 2.26. The van der Waals surface area contributed by atoms with Gasteiger partial charge in [0.15, 0.2) is 23.2 Å². The summed E-state index contributed by atoms with van der Waals surface area (Å²) in [5, 5.41) is 10.1. The van der Waals surface area contributed by atoms with Gasteiger partial charge < -0.3 is 19.6 Å². The Labute approximate surface area is 215 Å². The smallest absolute Gasteiger partial charge is 0.252 e. The molecule has 2 heterocycles. The number of aromatic nitrogens is 3. The predicted molar refractivity (Wildman–Crippen MR) is 138 cm³/mol. The molecule has 0 fully saturated rings. The van der Waals surface area contributed by atoms with E-state index in [1.165, 1.54) is 11.1 Å². The molecule has 38 heavy (non-hydrogen) atoms. The number of halogens is 3. The number of anilines is 1. The van der Waals surface area contributed by atoms with E-state index in [1.807, 2.05) is 37.6 Å². The molecule has 10 heteroatoms. The van der Waals surface area contributed by atoms with Crippen molar-refractivity contribution in [3.63, 3.8) is 0 Å². The molecule has 194 valence electrons. The minimum Gasteiger partial charge on any atom is -0.387 e. The molecule has 0 radical (unpaired) electrons. The number of nitrogens with one attached hydrogen (secondary N) is 1. The normalized spacial score (nSPS) is 11.5. The van der Waals surface area contributed by atoms with Gasteiger partial charge in [-0.25, -0.2) is 18.2 Å². The Morgan fingerprint density at radius 1 is 1.11 bits per heavy atom. The molecular weight excluding hydrogens is 497 g/mol. The van der Waals surface area contributed by atoms with Gasteiger partial charge in [0.25, 0.3) is 5.91 Å². The van der Waals surface area contributed by atoms with Gasteiger partial charge in [-0.05, 0) is 37.6 Å². The molecule has 3 aromatic carbocycles. The Morgan fingerprint density at radius 2 is 1.79 bits per heavy atom. The lowest BCUT2D eigenvalue weighted by molar-refractivity contribution is -0.120. The van der Waals surface area contributed by atoms with Crippen LogP contribution in [0, 0.1) is 31.3 Å². The van der Waals surface area contributed by atoms with Crippen LogP contribution in [-0.4, -0.2) is 45.0 Å². The number of imidazole rings is 1. The van der Waals surface area contributed by atoms with Crippen LogP contribution in [0.5, 0.6) is 0 Å². The van der Waals surface area contributed by atoms with Gasteiger partial charge in [0.2, 0.25) is 0 Å². The van der Waals surface area contributed by atoms with Crippen molar-refractivity contribution in [1.82, 2.24) is 14.5 Å². The van der Waals surface area contributed by atoms with E-state index in [9.17, 15) is 27.9 Å². The molecule has 1 amide bonds. The maximum absolute atomic E-state index is 13.8. The molecule has 5 rings (SSSR count). The zero-order valence-electron chi connectivity index (χ0n) is 21.0. The van der Waals surface area contributed by atoms with Gasteiger partial charge >= 0.3 is 0 Å². The number of aromatic amines is 1. The number of hydrogen-bond donors (Lipinski definition) is 2. The average molecular weight is 521 g/mol. The summed E-state index contributed by atoms with van der Waals surface area (Å²) >= 11 is 0. The zero-order valence-corrected chi connectivity index (χ0v) is 21.0. The standard InChI is InChI=1S/C28H23F3N4O3/c1-13-8-21-26(33-14(2)34(21)3)27(35(4)22(37)12-36)23(13)17-7-5-6-16-18(11-32-25(16)17)28(38)15-9-19(29)24(31)20(30)10-15/h5-11,32,36H,12H2,1-4H3. The first-order chi connectivity index (χ1) is 18.0. The van der Waals surface area contributed by atoms with E-state index in [4.69, 9.17) is 0 Å². The van der Waals surface area contributed by atoms with Gasteiger partial charge in [0, 0.05) is 47.9 Å². The summed E-state index contributed by atoms with van der Waals surface area (Å²) in [6.07, 6.45) is 1.43. The van der Waals surface area contributed by atoms with Crippen LogP contribution in [0.2, 0.25) is 0 Å². The average Bonchev–Trinajstić information content (AvgIpc) is 3.45. The van der Waals surface area contributed by atoms with Crippen molar-refractivity contribution in [1.29, 1.82) is 0 Å². The maximum Gasteiger partial charge on any atom is 0.252 e. The number of para-hydroxylation sites is 1. The van der Waals surface area contributed by atoms with Crippen LogP contribution in [-0.2, 0) is 11.8 Å². The summed E-state index contributed by atoms with van der Waals surface area (Å²) in [7, 11) is 3.42. The molecule has 5 aromatic rings. The van der Waals surface area contributed by atoms with Crippen molar-refractivity contribution in [2.45, 2.75) is 13.8 Å². The van der Waals surface area contributed by atoms with Gasteiger partial charge in [0.05, 0.1) is 16.7 Å². The second-order valence-electron chi connectivity index (χ2n) is 9.13. The molecular formula is C28H23F3N4O3. The summed E-state index contributed by atoms with van der Waals surface area (Å²) in [4.78, 5) is 35.0. The lowest BCUT2D eigenvalue weighted by Crippen LogP contribution is -2.29. The molecule has 7 nitrogen and oxygen atoms in total. The molecule has 0 atom stereocenters. The predicted octanol–water partition coefficient (Wildman–Crippen LogP) is 4.94. The third-order valence-electron chi connectivity index (χ3n) is 6.89. The number of likely N-dealkylation sites (N-methyl/N-ethyl adjacent to an activating group) is 1. The third-order valence-corrected chi connectivity index (χ3v) is 6.89. The quantitative estimate of drug-likeness (QED) is 0.254. The number of amides is 1. The highest BCUT2D eigenvalue weighted by atomic mass is 19.2. The highest BCUT2D eigenvalue weighted by molar-refractivity contribution is 6.19. The van der Waals surface area contributed by atoms with Crippen LogP contribution >= 0.6 is 0 Å². The van der Waals surface area contributed by atoms with Gasteiger partial charge in [-0.2, -0.15) is 0 Å². The number of rotatable bonds is 5. The number of fused-ring (bicyclic) bond motifs is 2. The maximum atomic E-state index is 13.8. The number of aryl methyl sites for hydroxylation is 3. The molecule has 0 bridgehead atoms. The Morgan fingerprint density at radius 3 is 2.45 bits per heavy atom. The third kappa shape index (κ3) is 3.76. The van der Waals surface area contributed by atoms with Crippen molar-refractivity contribution in [2.24, 2.45) is 7.05 Å².